The summed E-state index contributed by atoms with van der Waals surface area (Å²) in [5, 5.41) is 5.53. The number of ether oxygens (including phenoxy) is 3. The minimum absolute atomic E-state index is 0.115. The first-order chi connectivity index (χ1) is 17.4. The van der Waals surface area contributed by atoms with E-state index in [2.05, 4.69) is 15.3 Å². The smallest absolute Gasteiger partial charge is 0.338 e. The Kier molecular flexibility index (Phi) is 7.94. The van der Waals surface area contributed by atoms with E-state index in [-0.39, 0.29) is 18.9 Å². The van der Waals surface area contributed by atoms with Crippen molar-refractivity contribution in [2.24, 2.45) is 4.99 Å². The number of rotatable bonds is 9. The van der Waals surface area contributed by atoms with Crippen molar-refractivity contribution in [1.29, 1.82) is 0 Å². The van der Waals surface area contributed by atoms with Crippen LogP contribution in [0.5, 0.6) is 11.5 Å². The number of thioether (sulfide) groups is 1. The summed E-state index contributed by atoms with van der Waals surface area (Å²) in [7, 11) is 3.15. The minimum Gasteiger partial charge on any atom is -0.497 e. The maximum absolute atomic E-state index is 13.1. The van der Waals surface area contributed by atoms with Gasteiger partial charge in [-0.3, -0.25) is 9.78 Å². The number of aromatic nitrogens is 1. The van der Waals surface area contributed by atoms with Gasteiger partial charge < -0.3 is 24.4 Å². The fourth-order valence-electron chi connectivity index (χ4n) is 4.07. The molecule has 0 radical (unpaired) electrons. The van der Waals surface area contributed by atoms with Gasteiger partial charge in [0.15, 0.2) is 5.17 Å². The monoisotopic (exact) mass is 508 g/mol. The molecule has 0 fully saturated rings. The number of hydrogen-bond acceptors (Lipinski definition) is 9. The van der Waals surface area contributed by atoms with Crippen LogP contribution in [-0.4, -0.2) is 47.8 Å². The number of aliphatic imine (C=N–C) groups is 1. The van der Waals surface area contributed by atoms with Gasteiger partial charge in [-0.05, 0) is 54.6 Å². The van der Waals surface area contributed by atoms with Crippen LogP contribution in [0.4, 0.5) is 0 Å². The van der Waals surface area contributed by atoms with E-state index in [1.54, 1.807) is 46.5 Å². The van der Waals surface area contributed by atoms with Crippen LogP contribution in [0, 0.1) is 0 Å². The van der Waals surface area contributed by atoms with Crippen LogP contribution >= 0.6 is 11.8 Å². The highest BCUT2D eigenvalue weighted by Crippen LogP contribution is 2.46. The molecule has 0 bridgehead atoms. The molecular weight excluding hydrogens is 480 g/mol. The van der Waals surface area contributed by atoms with Crippen LogP contribution in [0.3, 0.4) is 0 Å². The SMILES string of the molecule is CCOC(=O)C1=C(C)N=C2SC=C(CC(=O)NCc3ccncc3)N2C1c1cc(OC)cc(OC)c1. The van der Waals surface area contributed by atoms with Crippen LogP contribution in [0.15, 0.2) is 70.1 Å². The zero-order chi connectivity index (χ0) is 25.7. The van der Waals surface area contributed by atoms with E-state index in [9.17, 15) is 9.59 Å². The van der Waals surface area contributed by atoms with Crippen LogP contribution in [0.25, 0.3) is 0 Å². The standard InChI is InChI=1S/C26H28N4O5S/c1-5-35-25(32)23-16(2)29-26-30(24(23)18-10-20(33-3)13-21(11-18)34-4)19(15-36-26)12-22(31)28-14-17-6-8-27-9-7-17/h6-11,13,15,24H,5,12,14H2,1-4H3,(H,28,31). The minimum atomic E-state index is -0.574. The van der Waals surface area contributed by atoms with Gasteiger partial charge in [0.1, 0.15) is 11.5 Å². The Bertz CT molecular complexity index is 1220. The zero-order valence-electron chi connectivity index (χ0n) is 20.6. The number of benzene rings is 1. The summed E-state index contributed by atoms with van der Waals surface area (Å²) in [6.07, 6.45) is 3.49. The number of amidine groups is 1. The van der Waals surface area contributed by atoms with Crippen molar-refractivity contribution in [2.45, 2.75) is 32.9 Å². The molecule has 2 aliphatic heterocycles. The second-order valence-corrected chi connectivity index (χ2v) is 8.91. The van der Waals surface area contributed by atoms with Crippen molar-refractivity contribution in [3.63, 3.8) is 0 Å². The molecule has 1 aromatic carbocycles. The molecule has 1 unspecified atom stereocenters. The lowest BCUT2D eigenvalue weighted by atomic mass is 9.93. The predicted octanol–water partition coefficient (Wildman–Crippen LogP) is 3.94. The van der Waals surface area contributed by atoms with E-state index < -0.39 is 12.0 Å². The molecule has 36 heavy (non-hydrogen) atoms. The molecule has 1 amide bonds. The molecule has 1 aromatic heterocycles. The van der Waals surface area contributed by atoms with Gasteiger partial charge in [0.25, 0.3) is 0 Å². The number of esters is 1. The van der Waals surface area contributed by atoms with E-state index in [0.29, 0.717) is 34.5 Å². The van der Waals surface area contributed by atoms with E-state index >= 15 is 0 Å². The summed E-state index contributed by atoms with van der Waals surface area (Å²) >= 11 is 1.42. The Hall–Kier alpha value is -3.79. The number of allylic oxidation sites excluding steroid dienone is 1. The van der Waals surface area contributed by atoms with Gasteiger partial charge in [0, 0.05) is 30.7 Å². The van der Waals surface area contributed by atoms with Crippen LogP contribution in [0.1, 0.15) is 37.4 Å². The molecular formula is C26H28N4O5S. The Balaban J connectivity index is 1.67. The fraction of sp³-hybridized carbons (Fsp3) is 0.308. The molecule has 0 saturated heterocycles. The number of methoxy groups -OCH3 is 2. The first kappa shape index (κ1) is 25.3. The van der Waals surface area contributed by atoms with Gasteiger partial charge in [-0.25, -0.2) is 9.79 Å². The molecule has 1 N–H and O–H groups in total. The Morgan fingerprint density at radius 3 is 2.44 bits per heavy atom. The summed E-state index contributed by atoms with van der Waals surface area (Å²) in [4.78, 5) is 36.6. The third-order valence-corrected chi connectivity index (χ3v) is 6.65. The lowest BCUT2D eigenvalue weighted by Crippen LogP contribution is -2.38. The van der Waals surface area contributed by atoms with Gasteiger partial charge in [-0.2, -0.15) is 0 Å². The average Bonchev–Trinajstić information content (AvgIpc) is 3.28. The van der Waals surface area contributed by atoms with Gasteiger partial charge in [0.05, 0.1) is 44.6 Å². The van der Waals surface area contributed by atoms with Crippen LogP contribution in [0.2, 0.25) is 0 Å². The molecule has 3 heterocycles. The Morgan fingerprint density at radius 2 is 1.81 bits per heavy atom. The number of pyridine rings is 1. The largest absolute Gasteiger partial charge is 0.497 e. The van der Waals surface area contributed by atoms with Crippen LogP contribution in [-0.2, 0) is 20.9 Å². The third kappa shape index (κ3) is 5.38. The van der Waals surface area contributed by atoms with Crippen LogP contribution < -0.4 is 14.8 Å². The maximum atomic E-state index is 13.1. The molecule has 2 aromatic rings. The highest BCUT2D eigenvalue weighted by molar-refractivity contribution is 8.16. The zero-order valence-corrected chi connectivity index (χ0v) is 21.4. The second kappa shape index (κ2) is 11.3. The normalized spacial score (nSPS) is 16.7. The number of nitrogens with zero attached hydrogens (tertiary/aromatic N) is 3. The molecule has 9 nitrogen and oxygen atoms in total. The Labute approximate surface area is 214 Å². The number of hydrogen-bond donors (Lipinski definition) is 1. The number of fused-ring (bicyclic) bond motifs is 1. The highest BCUT2D eigenvalue weighted by atomic mass is 32.2. The predicted molar refractivity (Wildman–Crippen MR) is 137 cm³/mol. The summed E-state index contributed by atoms with van der Waals surface area (Å²) < 4.78 is 16.4. The molecule has 0 aliphatic carbocycles. The molecule has 0 spiro atoms. The summed E-state index contributed by atoms with van der Waals surface area (Å²) in [6.45, 7) is 4.18. The molecule has 2 aliphatic rings. The van der Waals surface area contributed by atoms with Crippen molar-refractivity contribution in [1.82, 2.24) is 15.2 Å². The topological polar surface area (TPSA) is 102 Å². The number of amides is 1. The van der Waals surface area contributed by atoms with Crippen molar-refractivity contribution in [2.75, 3.05) is 20.8 Å². The quantitative estimate of drug-likeness (QED) is 0.508. The highest BCUT2D eigenvalue weighted by Gasteiger charge is 2.41. The van der Waals surface area contributed by atoms with E-state index in [1.165, 1.54) is 11.8 Å². The number of carbonyl (C=O) groups excluding carboxylic acids is 2. The van der Waals surface area contributed by atoms with Gasteiger partial charge in [0.2, 0.25) is 5.91 Å². The maximum Gasteiger partial charge on any atom is 0.338 e. The third-order valence-electron chi connectivity index (χ3n) is 5.77. The van der Waals surface area contributed by atoms with E-state index in [1.807, 2.05) is 34.6 Å². The molecule has 4 rings (SSSR count). The summed E-state index contributed by atoms with van der Waals surface area (Å²) in [6, 6.07) is 8.61. The fourth-order valence-corrected chi connectivity index (χ4v) is 5.03. The first-order valence-electron chi connectivity index (χ1n) is 11.4. The molecule has 0 saturated carbocycles. The number of carbonyl (C=O) groups is 2. The second-order valence-electron chi connectivity index (χ2n) is 8.07. The first-order valence-corrected chi connectivity index (χ1v) is 12.3. The van der Waals surface area contributed by atoms with E-state index in [4.69, 9.17) is 14.2 Å². The molecule has 1 atom stereocenters. The van der Waals surface area contributed by atoms with Gasteiger partial charge >= 0.3 is 5.97 Å². The Morgan fingerprint density at radius 1 is 1.11 bits per heavy atom. The van der Waals surface area contributed by atoms with Crippen molar-refractivity contribution < 1.29 is 23.8 Å². The lowest BCUT2D eigenvalue weighted by molar-refractivity contribution is -0.139. The average molecular weight is 509 g/mol. The number of nitrogens with one attached hydrogen (secondary N) is 1. The van der Waals surface area contributed by atoms with Crippen molar-refractivity contribution >= 4 is 28.8 Å². The summed E-state index contributed by atoms with van der Waals surface area (Å²) in [5.74, 6) is 0.567. The van der Waals surface area contributed by atoms with Gasteiger partial charge in [-0.1, -0.05) is 11.8 Å². The molecule has 188 valence electrons. The van der Waals surface area contributed by atoms with Crippen molar-refractivity contribution in [3.8, 4) is 11.5 Å². The lowest BCUT2D eigenvalue weighted by Gasteiger charge is -2.36. The van der Waals surface area contributed by atoms with E-state index in [0.717, 1.165) is 16.8 Å². The van der Waals surface area contributed by atoms with Crippen molar-refractivity contribution in [3.05, 3.63) is 76.2 Å². The summed E-state index contributed by atoms with van der Waals surface area (Å²) in [5.41, 5.74) is 3.41. The van der Waals surface area contributed by atoms with Gasteiger partial charge in [-0.15, -0.1) is 0 Å². The molecule has 10 heteroatoms.